The van der Waals surface area contributed by atoms with E-state index >= 15 is 0 Å². The van der Waals surface area contributed by atoms with E-state index in [-0.39, 0.29) is 12.5 Å². The smallest absolute Gasteiger partial charge is 0.410 e. The fourth-order valence-electron chi connectivity index (χ4n) is 3.14. The minimum absolute atomic E-state index is 0.151. The first-order chi connectivity index (χ1) is 11.6. The van der Waals surface area contributed by atoms with Gasteiger partial charge < -0.3 is 14.7 Å². The van der Waals surface area contributed by atoms with Gasteiger partial charge in [0.25, 0.3) is 0 Å². The molecular weight excluding hydrogens is 312 g/mol. The van der Waals surface area contributed by atoms with Gasteiger partial charge in [0.2, 0.25) is 5.91 Å². The van der Waals surface area contributed by atoms with Crippen LogP contribution in [-0.2, 0) is 20.9 Å². The molecular formula is C17H20N2O5. The highest BCUT2D eigenvalue weighted by Crippen LogP contribution is 2.26. The van der Waals surface area contributed by atoms with Crippen molar-refractivity contribution in [2.75, 3.05) is 13.1 Å². The fraction of sp³-hybridized carbons (Fsp3) is 0.471. The summed E-state index contributed by atoms with van der Waals surface area (Å²) < 4.78 is 5.30. The summed E-state index contributed by atoms with van der Waals surface area (Å²) in [6.07, 6.45) is 1.19. The second kappa shape index (κ2) is 6.90. The van der Waals surface area contributed by atoms with Crippen LogP contribution in [0.5, 0.6) is 0 Å². The fourth-order valence-corrected chi connectivity index (χ4v) is 3.14. The van der Waals surface area contributed by atoms with Crippen molar-refractivity contribution in [1.29, 1.82) is 0 Å². The highest BCUT2D eigenvalue weighted by molar-refractivity contribution is 5.90. The van der Waals surface area contributed by atoms with Crippen molar-refractivity contribution in [2.45, 2.75) is 38.0 Å². The number of carbonyl (C=O) groups is 3. The zero-order valence-corrected chi connectivity index (χ0v) is 13.3. The molecule has 2 saturated heterocycles. The summed E-state index contributed by atoms with van der Waals surface area (Å²) in [5.74, 6) is -1.28. The first-order valence-electron chi connectivity index (χ1n) is 8.08. The average molecular weight is 332 g/mol. The number of benzene rings is 1. The van der Waals surface area contributed by atoms with Crippen LogP contribution in [0.1, 0.15) is 24.8 Å². The normalized spacial score (nSPS) is 22.8. The Morgan fingerprint density at radius 3 is 2.42 bits per heavy atom. The summed E-state index contributed by atoms with van der Waals surface area (Å²) in [4.78, 5) is 38.7. The molecule has 0 radical (unpaired) electrons. The van der Waals surface area contributed by atoms with E-state index in [9.17, 15) is 14.4 Å². The van der Waals surface area contributed by atoms with E-state index in [0.717, 1.165) is 5.56 Å². The van der Waals surface area contributed by atoms with Crippen molar-refractivity contribution < 1.29 is 24.2 Å². The van der Waals surface area contributed by atoms with E-state index in [1.807, 2.05) is 30.3 Å². The molecule has 1 unspecified atom stereocenters. The Balaban J connectivity index is 1.59. The molecule has 7 nitrogen and oxygen atoms in total. The molecule has 24 heavy (non-hydrogen) atoms. The molecule has 2 heterocycles. The van der Waals surface area contributed by atoms with Gasteiger partial charge in [0.15, 0.2) is 0 Å². The molecule has 1 aromatic rings. The van der Waals surface area contributed by atoms with Gasteiger partial charge >= 0.3 is 12.1 Å². The highest BCUT2D eigenvalue weighted by Gasteiger charge is 2.44. The van der Waals surface area contributed by atoms with Crippen molar-refractivity contribution in [1.82, 2.24) is 9.80 Å². The molecule has 2 fully saturated rings. The van der Waals surface area contributed by atoms with Crippen LogP contribution in [0, 0.1) is 0 Å². The standard InChI is InChI=1S/C17H20N2O5/c20-15(18-10-8-14(18)16(21)22)13-7-4-9-19(13)17(23)24-11-12-5-2-1-3-6-12/h1-3,5-6,13-14H,4,7-11H2,(H,21,22)/t13-,14?/m0/s1. The molecule has 2 aliphatic heterocycles. The van der Waals surface area contributed by atoms with Crippen LogP contribution in [0.25, 0.3) is 0 Å². The molecule has 3 rings (SSSR count). The second-order valence-electron chi connectivity index (χ2n) is 6.07. The average Bonchev–Trinajstić information content (AvgIpc) is 3.01. The van der Waals surface area contributed by atoms with E-state index in [4.69, 9.17) is 9.84 Å². The molecule has 7 heteroatoms. The van der Waals surface area contributed by atoms with Gasteiger partial charge in [0.05, 0.1) is 0 Å². The van der Waals surface area contributed by atoms with Gasteiger partial charge in [-0.25, -0.2) is 9.59 Å². The second-order valence-corrected chi connectivity index (χ2v) is 6.07. The molecule has 0 spiro atoms. The summed E-state index contributed by atoms with van der Waals surface area (Å²) in [5.41, 5.74) is 0.876. The van der Waals surface area contributed by atoms with Gasteiger partial charge in [0.1, 0.15) is 18.7 Å². The number of carboxylic acids is 1. The number of aliphatic carboxylic acids is 1. The zero-order valence-electron chi connectivity index (χ0n) is 13.3. The lowest BCUT2D eigenvalue weighted by molar-refractivity contribution is -0.159. The molecule has 0 bridgehead atoms. The maximum Gasteiger partial charge on any atom is 0.410 e. The summed E-state index contributed by atoms with van der Waals surface area (Å²) in [6, 6.07) is 7.94. The van der Waals surface area contributed by atoms with Gasteiger partial charge in [-0.3, -0.25) is 9.69 Å². The van der Waals surface area contributed by atoms with Crippen LogP contribution in [0.4, 0.5) is 4.79 Å². The maximum absolute atomic E-state index is 12.5. The number of amides is 2. The molecule has 0 aliphatic carbocycles. The lowest BCUT2D eigenvalue weighted by atomic mass is 10.0. The first-order valence-corrected chi connectivity index (χ1v) is 8.08. The van der Waals surface area contributed by atoms with Crippen LogP contribution in [0.15, 0.2) is 30.3 Å². The largest absolute Gasteiger partial charge is 0.480 e. The van der Waals surface area contributed by atoms with Gasteiger partial charge in [-0.2, -0.15) is 0 Å². The van der Waals surface area contributed by atoms with E-state index in [1.165, 1.54) is 9.80 Å². The molecule has 0 saturated carbocycles. The Labute approximate surface area is 139 Å². The molecule has 2 atom stereocenters. The van der Waals surface area contributed by atoms with E-state index in [2.05, 4.69) is 0 Å². The number of hydrogen-bond acceptors (Lipinski definition) is 4. The Hall–Kier alpha value is -2.57. The number of carboxylic acid groups (broad SMARTS) is 1. The summed E-state index contributed by atoms with van der Waals surface area (Å²) in [7, 11) is 0. The monoisotopic (exact) mass is 332 g/mol. The van der Waals surface area contributed by atoms with Crippen LogP contribution < -0.4 is 0 Å². The lowest BCUT2D eigenvalue weighted by Gasteiger charge is -2.40. The van der Waals surface area contributed by atoms with E-state index in [1.54, 1.807) is 0 Å². The van der Waals surface area contributed by atoms with Crippen LogP contribution in [0.3, 0.4) is 0 Å². The third-order valence-corrected chi connectivity index (χ3v) is 4.57. The maximum atomic E-state index is 12.5. The third kappa shape index (κ3) is 3.20. The van der Waals surface area contributed by atoms with Crippen LogP contribution in [-0.4, -0.2) is 58.0 Å². The van der Waals surface area contributed by atoms with E-state index < -0.39 is 24.1 Å². The topological polar surface area (TPSA) is 87.2 Å². The summed E-state index contributed by atoms with van der Waals surface area (Å²) in [5, 5.41) is 9.08. The Kier molecular flexibility index (Phi) is 4.69. The Morgan fingerprint density at radius 1 is 1.04 bits per heavy atom. The quantitative estimate of drug-likeness (QED) is 0.902. The number of nitrogens with zero attached hydrogens (tertiary/aromatic N) is 2. The molecule has 2 aliphatic rings. The van der Waals surface area contributed by atoms with Crippen molar-refractivity contribution in [3.8, 4) is 0 Å². The SMILES string of the molecule is O=C(O)C1CCN1C(=O)[C@@H]1CCCN1C(=O)OCc1ccccc1. The van der Waals surface area contributed by atoms with Crippen LogP contribution >= 0.6 is 0 Å². The molecule has 2 amide bonds. The van der Waals surface area contributed by atoms with E-state index in [0.29, 0.717) is 32.4 Å². The number of ether oxygens (including phenoxy) is 1. The number of rotatable bonds is 4. The lowest BCUT2D eigenvalue weighted by Crippen LogP contribution is -2.60. The van der Waals surface area contributed by atoms with Gasteiger partial charge in [-0.05, 0) is 24.8 Å². The van der Waals surface area contributed by atoms with Crippen molar-refractivity contribution >= 4 is 18.0 Å². The van der Waals surface area contributed by atoms with Gasteiger partial charge in [-0.1, -0.05) is 30.3 Å². The Morgan fingerprint density at radius 2 is 1.79 bits per heavy atom. The molecule has 128 valence electrons. The summed E-state index contributed by atoms with van der Waals surface area (Å²) in [6.45, 7) is 1.04. The Bertz CT molecular complexity index is 633. The van der Waals surface area contributed by atoms with Crippen molar-refractivity contribution in [2.24, 2.45) is 0 Å². The first kappa shape index (κ1) is 16.3. The van der Waals surface area contributed by atoms with Crippen molar-refractivity contribution in [3.63, 3.8) is 0 Å². The molecule has 0 aromatic heterocycles. The van der Waals surface area contributed by atoms with Gasteiger partial charge in [-0.15, -0.1) is 0 Å². The molecule has 1 aromatic carbocycles. The minimum Gasteiger partial charge on any atom is -0.480 e. The third-order valence-electron chi connectivity index (χ3n) is 4.57. The van der Waals surface area contributed by atoms with Crippen LogP contribution in [0.2, 0.25) is 0 Å². The van der Waals surface area contributed by atoms with Crippen molar-refractivity contribution in [3.05, 3.63) is 35.9 Å². The predicted octanol–water partition coefficient (Wildman–Crippen LogP) is 1.47. The molecule has 1 N–H and O–H groups in total. The predicted molar refractivity (Wildman–Crippen MR) is 84.1 cm³/mol. The number of likely N-dealkylation sites (tertiary alicyclic amines) is 2. The minimum atomic E-state index is -0.995. The highest BCUT2D eigenvalue weighted by atomic mass is 16.6. The number of carbonyl (C=O) groups excluding carboxylic acids is 2. The zero-order chi connectivity index (χ0) is 17.1. The number of hydrogen-bond donors (Lipinski definition) is 1. The summed E-state index contributed by atoms with van der Waals surface area (Å²) >= 11 is 0. The van der Waals surface area contributed by atoms with Gasteiger partial charge in [0, 0.05) is 13.1 Å².